The molecular formula is C11H18BrN3O. The summed E-state index contributed by atoms with van der Waals surface area (Å²) in [5.74, 6) is 0.00931. The van der Waals surface area contributed by atoms with E-state index in [9.17, 15) is 4.79 Å². The molecule has 0 saturated carbocycles. The molecule has 16 heavy (non-hydrogen) atoms. The molecule has 1 aromatic heterocycles. The molecule has 0 N–H and O–H groups in total. The van der Waals surface area contributed by atoms with E-state index in [1.165, 1.54) is 0 Å². The van der Waals surface area contributed by atoms with Crippen LogP contribution in [0.15, 0.2) is 6.20 Å². The summed E-state index contributed by atoms with van der Waals surface area (Å²) in [7, 11) is 3.65. The summed E-state index contributed by atoms with van der Waals surface area (Å²) in [5.41, 5.74) is 1.35. The van der Waals surface area contributed by atoms with Crippen LogP contribution < -0.4 is 0 Å². The Morgan fingerprint density at radius 2 is 2.19 bits per heavy atom. The number of nitrogens with zero attached hydrogens (tertiary/aromatic N) is 3. The minimum Gasteiger partial charge on any atom is -0.336 e. The second kappa shape index (κ2) is 4.57. The Bertz CT molecular complexity index is 398. The van der Waals surface area contributed by atoms with Crippen LogP contribution in [0.4, 0.5) is 0 Å². The Kier molecular flexibility index (Phi) is 3.78. The molecule has 0 saturated heterocycles. The van der Waals surface area contributed by atoms with Gasteiger partial charge in [-0.3, -0.25) is 9.48 Å². The third-order valence-electron chi connectivity index (χ3n) is 3.01. The number of hydrogen-bond donors (Lipinski definition) is 0. The van der Waals surface area contributed by atoms with Gasteiger partial charge in [-0.05, 0) is 20.8 Å². The summed E-state index contributed by atoms with van der Waals surface area (Å²) < 4.78 is 1.71. The normalized spacial score (nSPS) is 11.6. The van der Waals surface area contributed by atoms with E-state index in [2.05, 4.69) is 21.0 Å². The van der Waals surface area contributed by atoms with Crippen molar-refractivity contribution in [3.8, 4) is 0 Å². The van der Waals surface area contributed by atoms with E-state index in [1.807, 2.05) is 34.9 Å². The average molecular weight is 288 g/mol. The minimum absolute atomic E-state index is 0.00931. The molecule has 0 aliphatic rings. The van der Waals surface area contributed by atoms with Gasteiger partial charge in [0, 0.05) is 30.7 Å². The van der Waals surface area contributed by atoms with Gasteiger partial charge in [0.1, 0.15) is 0 Å². The number of aryl methyl sites for hydroxylation is 1. The fourth-order valence-electron chi connectivity index (χ4n) is 1.25. The number of halogens is 1. The zero-order chi connectivity index (χ0) is 12.5. The second-order valence-electron chi connectivity index (χ2n) is 4.58. The first kappa shape index (κ1) is 13.2. The van der Waals surface area contributed by atoms with E-state index in [0.717, 1.165) is 11.0 Å². The molecule has 1 rings (SSSR count). The van der Waals surface area contributed by atoms with Gasteiger partial charge in [-0.25, -0.2) is 0 Å². The Morgan fingerprint density at radius 3 is 2.56 bits per heavy atom. The van der Waals surface area contributed by atoms with Crippen molar-refractivity contribution < 1.29 is 4.79 Å². The summed E-state index contributed by atoms with van der Waals surface area (Å²) in [5, 5.41) is 4.82. The van der Waals surface area contributed by atoms with Crippen molar-refractivity contribution >= 4 is 21.8 Å². The van der Waals surface area contributed by atoms with Crippen LogP contribution in [0.5, 0.6) is 0 Å². The lowest BCUT2D eigenvalue weighted by atomic mass is 10.1. The summed E-state index contributed by atoms with van der Waals surface area (Å²) in [6.45, 7) is 5.94. The maximum atomic E-state index is 12.2. The Morgan fingerprint density at radius 1 is 1.62 bits per heavy atom. The fourth-order valence-corrected chi connectivity index (χ4v) is 1.63. The molecule has 90 valence electrons. The van der Waals surface area contributed by atoms with Gasteiger partial charge in [-0.2, -0.15) is 5.10 Å². The highest BCUT2D eigenvalue weighted by atomic mass is 79.9. The zero-order valence-electron chi connectivity index (χ0n) is 10.4. The molecule has 0 atom stereocenters. The molecule has 0 bridgehead atoms. The number of carbonyl (C=O) groups is 1. The van der Waals surface area contributed by atoms with Gasteiger partial charge in [0.15, 0.2) is 0 Å². The van der Waals surface area contributed by atoms with Crippen molar-refractivity contribution in [1.29, 1.82) is 0 Å². The lowest BCUT2D eigenvalue weighted by Gasteiger charge is -2.34. The van der Waals surface area contributed by atoms with Crippen molar-refractivity contribution in [2.45, 2.75) is 26.3 Å². The highest BCUT2D eigenvalue weighted by Gasteiger charge is 2.28. The lowest BCUT2D eigenvalue weighted by Crippen LogP contribution is -2.46. The molecule has 1 aromatic rings. The van der Waals surface area contributed by atoms with Crippen molar-refractivity contribution in [3.05, 3.63) is 17.5 Å². The maximum absolute atomic E-state index is 12.2. The van der Waals surface area contributed by atoms with Crippen LogP contribution in [0.3, 0.4) is 0 Å². The van der Waals surface area contributed by atoms with Crippen LogP contribution >= 0.6 is 15.9 Å². The fraction of sp³-hybridized carbons (Fsp3) is 0.636. The standard InChI is InChI=1S/C11H18BrN3O/c1-8-9(6-13-15(8)5)10(16)14(4)11(2,3)7-12/h6H,7H2,1-5H3. The molecular weight excluding hydrogens is 270 g/mol. The van der Waals surface area contributed by atoms with Crippen LogP contribution in [0.2, 0.25) is 0 Å². The van der Waals surface area contributed by atoms with Gasteiger partial charge in [0.2, 0.25) is 0 Å². The van der Waals surface area contributed by atoms with E-state index in [-0.39, 0.29) is 11.4 Å². The number of rotatable bonds is 3. The highest BCUT2D eigenvalue weighted by Crippen LogP contribution is 2.19. The van der Waals surface area contributed by atoms with Crippen LogP contribution in [0.25, 0.3) is 0 Å². The minimum atomic E-state index is -0.209. The summed E-state index contributed by atoms with van der Waals surface area (Å²) in [4.78, 5) is 14.0. The Hall–Kier alpha value is -0.840. The van der Waals surface area contributed by atoms with Gasteiger partial charge in [-0.15, -0.1) is 0 Å². The number of aromatic nitrogens is 2. The van der Waals surface area contributed by atoms with E-state index >= 15 is 0 Å². The molecule has 0 fully saturated rings. The van der Waals surface area contributed by atoms with Crippen molar-refractivity contribution in [2.24, 2.45) is 7.05 Å². The molecule has 0 radical (unpaired) electrons. The van der Waals surface area contributed by atoms with Crippen molar-refractivity contribution in [2.75, 3.05) is 12.4 Å². The maximum Gasteiger partial charge on any atom is 0.257 e. The molecule has 0 spiro atoms. The van der Waals surface area contributed by atoms with Crippen LogP contribution in [-0.2, 0) is 7.05 Å². The van der Waals surface area contributed by atoms with Crippen molar-refractivity contribution in [1.82, 2.24) is 14.7 Å². The smallest absolute Gasteiger partial charge is 0.257 e. The van der Waals surface area contributed by atoms with Gasteiger partial charge in [0.05, 0.1) is 11.8 Å². The number of hydrogen-bond acceptors (Lipinski definition) is 2. The number of amides is 1. The van der Waals surface area contributed by atoms with Crippen LogP contribution in [0.1, 0.15) is 29.9 Å². The molecule has 4 nitrogen and oxygen atoms in total. The monoisotopic (exact) mass is 287 g/mol. The summed E-state index contributed by atoms with van der Waals surface area (Å²) >= 11 is 3.42. The zero-order valence-corrected chi connectivity index (χ0v) is 12.0. The second-order valence-corrected chi connectivity index (χ2v) is 5.14. The molecule has 0 aliphatic carbocycles. The number of alkyl halides is 1. The van der Waals surface area contributed by atoms with Gasteiger partial charge < -0.3 is 4.90 Å². The predicted molar refractivity (Wildman–Crippen MR) is 67.9 cm³/mol. The van der Waals surface area contributed by atoms with E-state index in [0.29, 0.717) is 5.56 Å². The first-order valence-corrected chi connectivity index (χ1v) is 6.26. The quantitative estimate of drug-likeness (QED) is 0.798. The van der Waals surface area contributed by atoms with Gasteiger partial charge >= 0.3 is 0 Å². The SMILES string of the molecule is Cc1c(C(=O)N(C)C(C)(C)CBr)cnn1C. The summed E-state index contributed by atoms with van der Waals surface area (Å²) in [6.07, 6.45) is 1.62. The van der Waals surface area contributed by atoms with Gasteiger partial charge in [-0.1, -0.05) is 15.9 Å². The molecule has 1 heterocycles. The summed E-state index contributed by atoms with van der Waals surface area (Å²) in [6, 6.07) is 0. The predicted octanol–water partition coefficient (Wildman–Crippen LogP) is 1.97. The van der Waals surface area contributed by atoms with E-state index in [1.54, 1.807) is 15.8 Å². The van der Waals surface area contributed by atoms with Crippen LogP contribution in [-0.4, -0.2) is 38.5 Å². The Labute approximate surface area is 105 Å². The topological polar surface area (TPSA) is 38.1 Å². The lowest BCUT2D eigenvalue weighted by molar-refractivity contribution is 0.0663. The third-order valence-corrected chi connectivity index (χ3v) is 4.38. The first-order chi connectivity index (χ1) is 7.31. The molecule has 0 aliphatic heterocycles. The first-order valence-electron chi connectivity index (χ1n) is 5.14. The highest BCUT2D eigenvalue weighted by molar-refractivity contribution is 9.09. The Balaban J connectivity index is 2.99. The van der Waals surface area contributed by atoms with E-state index < -0.39 is 0 Å². The largest absolute Gasteiger partial charge is 0.336 e. The molecule has 1 amide bonds. The molecule has 0 unspecified atom stereocenters. The molecule has 0 aromatic carbocycles. The van der Waals surface area contributed by atoms with E-state index in [4.69, 9.17) is 0 Å². The van der Waals surface area contributed by atoms with Crippen molar-refractivity contribution in [3.63, 3.8) is 0 Å². The third kappa shape index (κ3) is 2.29. The van der Waals surface area contributed by atoms with Gasteiger partial charge in [0.25, 0.3) is 5.91 Å². The van der Waals surface area contributed by atoms with Crippen LogP contribution in [0, 0.1) is 6.92 Å². The molecule has 5 heteroatoms. The average Bonchev–Trinajstić information content (AvgIpc) is 2.58. The number of carbonyl (C=O) groups excluding carboxylic acids is 1.